The van der Waals surface area contributed by atoms with Crippen molar-refractivity contribution >= 4 is 11.6 Å². The second kappa shape index (κ2) is 5.36. The molecule has 1 aromatic rings. The summed E-state index contributed by atoms with van der Waals surface area (Å²) >= 11 is 6.23. The zero-order valence-corrected chi connectivity index (χ0v) is 10.8. The molecule has 2 atom stereocenters. The lowest BCUT2D eigenvalue weighted by Crippen LogP contribution is -2.48. The van der Waals surface area contributed by atoms with Crippen molar-refractivity contribution < 1.29 is 4.74 Å². The average molecular weight is 255 g/mol. The first-order valence-corrected chi connectivity index (χ1v) is 6.40. The molecule has 1 saturated heterocycles. The van der Waals surface area contributed by atoms with Crippen LogP contribution in [0.2, 0.25) is 5.02 Å². The normalized spacial score (nSPS) is 26.8. The van der Waals surface area contributed by atoms with Gasteiger partial charge in [-0.25, -0.2) is 0 Å². The number of benzene rings is 1. The lowest BCUT2D eigenvalue weighted by Gasteiger charge is -2.40. The highest BCUT2D eigenvalue weighted by Gasteiger charge is 2.38. The highest BCUT2D eigenvalue weighted by Crippen LogP contribution is 2.38. The second-order valence-corrected chi connectivity index (χ2v) is 5.15. The standard InChI is InChI=1S/C13H19ClN2O/c1-13(8-4-5-9-17-13)12(16-15)10-6-2-3-7-11(10)14/h2-3,6-7,12,16H,4-5,8-9,15H2,1H3. The Balaban J connectivity index is 2.29. The van der Waals surface area contributed by atoms with Crippen LogP contribution in [0.15, 0.2) is 24.3 Å². The number of ether oxygens (including phenoxy) is 1. The first kappa shape index (κ1) is 12.8. The van der Waals surface area contributed by atoms with Gasteiger partial charge in [-0.15, -0.1) is 0 Å². The number of hydrogen-bond donors (Lipinski definition) is 2. The summed E-state index contributed by atoms with van der Waals surface area (Å²) in [4.78, 5) is 0. The maximum Gasteiger partial charge on any atom is 0.0861 e. The highest BCUT2D eigenvalue weighted by atomic mass is 35.5. The van der Waals surface area contributed by atoms with Crippen molar-refractivity contribution in [2.45, 2.75) is 37.8 Å². The Morgan fingerprint density at radius 1 is 1.41 bits per heavy atom. The molecule has 1 aliphatic rings. The fraction of sp³-hybridized carbons (Fsp3) is 0.538. The van der Waals surface area contributed by atoms with E-state index in [0.29, 0.717) is 0 Å². The van der Waals surface area contributed by atoms with Crippen molar-refractivity contribution in [3.05, 3.63) is 34.9 Å². The molecule has 1 aliphatic heterocycles. The first-order valence-electron chi connectivity index (χ1n) is 6.02. The van der Waals surface area contributed by atoms with Crippen LogP contribution in [0.5, 0.6) is 0 Å². The van der Waals surface area contributed by atoms with E-state index in [0.717, 1.165) is 30.0 Å². The monoisotopic (exact) mass is 254 g/mol. The smallest absolute Gasteiger partial charge is 0.0861 e. The van der Waals surface area contributed by atoms with E-state index in [1.807, 2.05) is 24.3 Å². The van der Waals surface area contributed by atoms with Gasteiger partial charge in [-0.2, -0.15) is 0 Å². The van der Waals surface area contributed by atoms with Gasteiger partial charge in [0.05, 0.1) is 11.6 Å². The van der Waals surface area contributed by atoms with Gasteiger partial charge in [0.1, 0.15) is 0 Å². The molecule has 0 aliphatic carbocycles. The summed E-state index contributed by atoms with van der Waals surface area (Å²) in [5.74, 6) is 5.70. The maximum atomic E-state index is 6.23. The van der Waals surface area contributed by atoms with E-state index in [2.05, 4.69) is 12.3 Å². The molecule has 2 rings (SSSR count). The molecule has 17 heavy (non-hydrogen) atoms. The van der Waals surface area contributed by atoms with E-state index in [1.54, 1.807) is 0 Å². The Morgan fingerprint density at radius 2 is 2.18 bits per heavy atom. The summed E-state index contributed by atoms with van der Waals surface area (Å²) in [5, 5.41) is 0.728. The Kier molecular flexibility index (Phi) is 4.05. The SMILES string of the molecule is CC1(C(NN)c2ccccc2Cl)CCCCO1. The maximum absolute atomic E-state index is 6.23. The molecule has 0 saturated carbocycles. The molecule has 94 valence electrons. The molecule has 0 aromatic heterocycles. The zero-order chi connectivity index (χ0) is 12.3. The molecule has 0 amide bonds. The van der Waals surface area contributed by atoms with E-state index >= 15 is 0 Å². The number of nitrogens with two attached hydrogens (primary N) is 1. The minimum Gasteiger partial charge on any atom is -0.373 e. The first-order chi connectivity index (χ1) is 8.17. The van der Waals surface area contributed by atoms with Crippen LogP contribution in [0.25, 0.3) is 0 Å². The molecule has 1 heterocycles. The fourth-order valence-corrected chi connectivity index (χ4v) is 2.73. The Bertz CT molecular complexity index is 377. The summed E-state index contributed by atoms with van der Waals surface area (Å²) in [6.07, 6.45) is 3.28. The number of rotatable bonds is 3. The van der Waals surface area contributed by atoms with Crippen molar-refractivity contribution in [1.29, 1.82) is 0 Å². The number of hydrazine groups is 1. The van der Waals surface area contributed by atoms with Crippen LogP contribution in [0.3, 0.4) is 0 Å². The molecule has 2 unspecified atom stereocenters. The van der Waals surface area contributed by atoms with Crippen molar-refractivity contribution in [3.63, 3.8) is 0 Å². The average Bonchev–Trinajstić information content (AvgIpc) is 2.33. The topological polar surface area (TPSA) is 47.3 Å². The molecule has 3 N–H and O–H groups in total. The van der Waals surface area contributed by atoms with E-state index in [9.17, 15) is 0 Å². The predicted molar refractivity (Wildman–Crippen MR) is 69.7 cm³/mol. The van der Waals surface area contributed by atoms with Crippen molar-refractivity contribution in [2.75, 3.05) is 6.61 Å². The van der Waals surface area contributed by atoms with Gasteiger partial charge in [0.15, 0.2) is 0 Å². The van der Waals surface area contributed by atoms with Gasteiger partial charge in [0.2, 0.25) is 0 Å². The van der Waals surface area contributed by atoms with E-state index < -0.39 is 0 Å². The van der Waals surface area contributed by atoms with Crippen molar-refractivity contribution in [3.8, 4) is 0 Å². The molecule has 0 radical (unpaired) electrons. The third-order valence-corrected chi connectivity index (χ3v) is 3.84. The molecule has 1 fully saturated rings. The second-order valence-electron chi connectivity index (χ2n) is 4.74. The van der Waals surface area contributed by atoms with Crippen LogP contribution in [-0.2, 0) is 4.74 Å². The van der Waals surface area contributed by atoms with E-state index in [4.69, 9.17) is 22.2 Å². The fourth-order valence-electron chi connectivity index (χ4n) is 2.49. The molecular weight excluding hydrogens is 236 g/mol. The van der Waals surface area contributed by atoms with Crippen LogP contribution in [-0.4, -0.2) is 12.2 Å². The summed E-state index contributed by atoms with van der Waals surface area (Å²) in [7, 11) is 0. The van der Waals surface area contributed by atoms with Gasteiger partial charge in [0.25, 0.3) is 0 Å². The molecule has 0 bridgehead atoms. The van der Waals surface area contributed by atoms with Crippen molar-refractivity contribution in [2.24, 2.45) is 5.84 Å². The summed E-state index contributed by atoms with van der Waals surface area (Å²) < 4.78 is 5.93. The van der Waals surface area contributed by atoms with Gasteiger partial charge >= 0.3 is 0 Å². The van der Waals surface area contributed by atoms with Crippen LogP contribution >= 0.6 is 11.6 Å². The number of halogens is 1. The molecular formula is C13H19ClN2O. The zero-order valence-electron chi connectivity index (χ0n) is 10.1. The summed E-state index contributed by atoms with van der Waals surface area (Å²) in [6, 6.07) is 7.70. The van der Waals surface area contributed by atoms with Crippen LogP contribution in [0.4, 0.5) is 0 Å². The Hall–Kier alpha value is -0.610. The number of hydrogen-bond acceptors (Lipinski definition) is 3. The van der Waals surface area contributed by atoms with Crippen LogP contribution < -0.4 is 11.3 Å². The molecule has 3 nitrogen and oxygen atoms in total. The lowest BCUT2D eigenvalue weighted by molar-refractivity contribution is -0.0898. The molecule has 4 heteroatoms. The Morgan fingerprint density at radius 3 is 2.76 bits per heavy atom. The van der Waals surface area contributed by atoms with Crippen molar-refractivity contribution in [1.82, 2.24) is 5.43 Å². The quantitative estimate of drug-likeness (QED) is 0.644. The lowest BCUT2D eigenvalue weighted by atomic mass is 9.84. The van der Waals surface area contributed by atoms with Gasteiger partial charge in [0, 0.05) is 11.6 Å². The highest BCUT2D eigenvalue weighted by molar-refractivity contribution is 6.31. The Labute approximate surface area is 107 Å². The van der Waals surface area contributed by atoms with Gasteiger partial charge in [-0.05, 0) is 37.8 Å². The van der Waals surface area contributed by atoms with E-state index in [1.165, 1.54) is 6.42 Å². The predicted octanol–water partition coefficient (Wildman–Crippen LogP) is 2.80. The third-order valence-electron chi connectivity index (χ3n) is 3.49. The molecule has 1 aromatic carbocycles. The van der Waals surface area contributed by atoms with E-state index in [-0.39, 0.29) is 11.6 Å². The minimum absolute atomic E-state index is 0.0727. The third kappa shape index (κ3) is 2.63. The number of nitrogens with one attached hydrogen (secondary N) is 1. The molecule has 0 spiro atoms. The minimum atomic E-state index is -0.280. The summed E-state index contributed by atoms with van der Waals surface area (Å²) in [5.41, 5.74) is 3.58. The van der Waals surface area contributed by atoms with Crippen LogP contribution in [0.1, 0.15) is 37.8 Å². The largest absolute Gasteiger partial charge is 0.373 e. The summed E-state index contributed by atoms with van der Waals surface area (Å²) in [6.45, 7) is 2.89. The van der Waals surface area contributed by atoms with Gasteiger partial charge in [-0.3, -0.25) is 11.3 Å². The van der Waals surface area contributed by atoms with Crippen LogP contribution in [0, 0.1) is 0 Å². The van der Waals surface area contributed by atoms with Gasteiger partial charge in [-0.1, -0.05) is 29.8 Å². The van der Waals surface area contributed by atoms with Gasteiger partial charge < -0.3 is 4.74 Å².